The number of anilines is 3. The zero-order valence-electron chi connectivity index (χ0n) is 46.8. The van der Waals surface area contributed by atoms with Gasteiger partial charge in [0, 0.05) is 96.6 Å². The van der Waals surface area contributed by atoms with Crippen molar-refractivity contribution in [1.29, 1.82) is 0 Å². The molecule has 0 saturated carbocycles. The van der Waals surface area contributed by atoms with Crippen LogP contribution in [0, 0.1) is 18.8 Å². The molecule has 0 aliphatic carbocycles. The van der Waals surface area contributed by atoms with Crippen molar-refractivity contribution in [2.24, 2.45) is 21.8 Å². The molecule has 0 radical (unpaired) electrons. The summed E-state index contributed by atoms with van der Waals surface area (Å²) in [4.78, 5) is 94.4. The van der Waals surface area contributed by atoms with Gasteiger partial charge in [0.25, 0.3) is 11.8 Å². The van der Waals surface area contributed by atoms with Crippen LogP contribution in [-0.4, -0.2) is 83.4 Å². The Labute approximate surface area is 476 Å². The fourth-order valence-corrected chi connectivity index (χ4v) is 13.2. The highest BCUT2D eigenvalue weighted by Gasteiger charge is 2.38. The van der Waals surface area contributed by atoms with E-state index in [1.807, 2.05) is 99.5 Å². The molecule has 4 aliphatic rings. The van der Waals surface area contributed by atoms with Gasteiger partial charge in [0.05, 0.1) is 47.7 Å². The van der Waals surface area contributed by atoms with Gasteiger partial charge >= 0.3 is 0 Å². The Morgan fingerprint density at radius 1 is 0.750 bits per heavy atom. The minimum absolute atomic E-state index is 0.0147. The number of carbonyl (C=O) groups excluding carboxylic acids is 6. The van der Waals surface area contributed by atoms with Crippen LogP contribution < -0.4 is 34.6 Å². The van der Waals surface area contributed by atoms with E-state index in [2.05, 4.69) is 24.5 Å². The van der Waals surface area contributed by atoms with Gasteiger partial charge in [-0.2, -0.15) is 0 Å². The summed E-state index contributed by atoms with van der Waals surface area (Å²) in [6.07, 6.45) is 7.66. The highest BCUT2D eigenvalue weighted by molar-refractivity contribution is 8.77. The normalized spacial score (nSPS) is 16.6. The first-order valence-corrected chi connectivity index (χ1v) is 29.8. The maximum Gasteiger partial charge on any atom is 0.261 e. The second kappa shape index (κ2) is 25.1. The van der Waals surface area contributed by atoms with E-state index in [9.17, 15) is 28.8 Å². The zero-order valence-corrected chi connectivity index (χ0v) is 48.4. The van der Waals surface area contributed by atoms with Crippen LogP contribution in [-0.2, 0) is 45.2 Å². The van der Waals surface area contributed by atoms with Gasteiger partial charge < -0.3 is 24.8 Å². The van der Waals surface area contributed by atoms with E-state index < -0.39 is 17.9 Å². The number of ketones is 2. The smallest absolute Gasteiger partial charge is 0.261 e. The van der Waals surface area contributed by atoms with Crippen LogP contribution in [0.15, 0.2) is 101 Å². The molecule has 15 nitrogen and oxygen atoms in total. The van der Waals surface area contributed by atoms with Gasteiger partial charge in [0.2, 0.25) is 11.8 Å². The Balaban J connectivity index is 0.901. The number of nitrogens with zero attached hydrogens (tertiary/aromatic N) is 4. The predicted octanol–water partition coefficient (Wildman–Crippen LogP) is 12.1. The van der Waals surface area contributed by atoms with Crippen molar-refractivity contribution in [2.45, 2.75) is 136 Å². The molecule has 0 fully saturated rings. The SMILES string of the molecule is CCC(=O)CCCSSC(C)(C)CCC(=O)N[C@H](C(=O)C[C@@H](C)C(=O)Nc1cc(COc2cc3c(cc2C)C(=O)N2c4ccccc4C[C@H]2C=N3)cc(COc2cc3c(cc2OC)C(=O)N2c4ccccc4C[C@H]2C=N3)c1)C(C)C. The summed E-state index contributed by atoms with van der Waals surface area (Å²) in [5, 5.41) is 6.00. The van der Waals surface area contributed by atoms with Crippen LogP contribution in [0.3, 0.4) is 0 Å². The first-order chi connectivity index (χ1) is 38.4. The van der Waals surface area contributed by atoms with Crippen LogP contribution >= 0.6 is 21.6 Å². The van der Waals surface area contributed by atoms with Crippen molar-refractivity contribution in [3.8, 4) is 17.2 Å². The first kappa shape index (κ1) is 57.4. The standard InChI is InChI=1S/C63H70N6O9S2/c1-9-47(70)17-14-22-79-80-63(6,7)21-20-58(72)67-59(37(2)3)54(71)24-39(5)60(73)66-44-26-40(35-77-55-31-50-48(23-38(55)4)61(74)68-45(33-64-50)28-42-15-10-12-18-52(42)68)25-41(27-44)36-78-57-32-51-49(30-56(57)76-8)62(75)69-46(34-65-51)29-43-16-11-13-19-53(43)69/h10-13,15-16,18-19,23,25-27,30-34,37,39,45-46,59H,9,14,17,20-22,24,28-29,35-36H2,1-8H3,(H,66,73)(H,67,72)/t39-,45+,46+,59+/m1/s1. The van der Waals surface area contributed by atoms with E-state index >= 15 is 0 Å². The first-order valence-electron chi connectivity index (χ1n) is 27.5. The van der Waals surface area contributed by atoms with E-state index in [1.165, 1.54) is 7.11 Å². The van der Waals surface area contributed by atoms with Crippen LogP contribution in [0.25, 0.3) is 0 Å². The van der Waals surface area contributed by atoms with Gasteiger partial charge in [-0.25, -0.2) is 0 Å². The molecule has 418 valence electrons. The quantitative estimate of drug-likeness (QED) is 0.0442. The predicted molar refractivity (Wildman–Crippen MR) is 319 cm³/mol. The number of aryl methyl sites for hydroxylation is 1. The molecular formula is C63H70N6O9S2. The van der Waals surface area contributed by atoms with E-state index in [1.54, 1.807) is 70.0 Å². The lowest BCUT2D eigenvalue weighted by molar-refractivity contribution is -0.131. The molecule has 0 unspecified atom stereocenters. The highest BCUT2D eigenvalue weighted by Crippen LogP contribution is 2.43. The largest absolute Gasteiger partial charge is 0.493 e. The van der Waals surface area contributed by atoms with E-state index in [0.29, 0.717) is 88.7 Å². The van der Waals surface area contributed by atoms with Gasteiger partial charge in [-0.05, 0) is 110 Å². The summed E-state index contributed by atoms with van der Waals surface area (Å²) < 4.78 is 18.6. The number of rotatable bonds is 24. The van der Waals surface area contributed by atoms with Crippen LogP contribution in [0.2, 0.25) is 0 Å². The monoisotopic (exact) mass is 1120 g/mol. The molecule has 80 heavy (non-hydrogen) atoms. The lowest BCUT2D eigenvalue weighted by atomic mass is 9.92. The number of hydrogen-bond donors (Lipinski definition) is 2. The van der Waals surface area contributed by atoms with Crippen LogP contribution in [0.4, 0.5) is 28.4 Å². The maximum absolute atomic E-state index is 14.1. The third kappa shape index (κ3) is 13.2. The number of hydrogen-bond acceptors (Lipinski definition) is 13. The van der Waals surface area contributed by atoms with Crippen molar-refractivity contribution in [1.82, 2.24) is 5.32 Å². The third-order valence-corrected chi connectivity index (χ3v) is 18.4. The molecule has 5 aromatic rings. The van der Waals surface area contributed by atoms with Crippen LogP contribution in [0.1, 0.15) is 129 Å². The number of Topliss-reactive ketones (excluding diaryl/α,β-unsaturated/α-hetero) is 2. The summed E-state index contributed by atoms with van der Waals surface area (Å²) in [6, 6.07) is 27.0. The number of ether oxygens (including phenoxy) is 3. The number of aliphatic imine (C=N–C) groups is 2. The number of fused-ring (bicyclic) bond motifs is 8. The highest BCUT2D eigenvalue weighted by atomic mass is 33.1. The number of methoxy groups -OCH3 is 1. The van der Waals surface area contributed by atoms with E-state index in [0.717, 1.165) is 40.2 Å². The number of para-hydroxylation sites is 2. The molecule has 0 spiro atoms. The van der Waals surface area contributed by atoms with Gasteiger partial charge in [0.15, 0.2) is 17.3 Å². The van der Waals surface area contributed by atoms with Crippen molar-refractivity contribution in [3.63, 3.8) is 0 Å². The van der Waals surface area contributed by atoms with Gasteiger partial charge in [-0.15, -0.1) is 0 Å². The summed E-state index contributed by atoms with van der Waals surface area (Å²) in [5.41, 5.74) is 8.29. The Hall–Kier alpha value is -7.24. The summed E-state index contributed by atoms with van der Waals surface area (Å²) in [5.74, 6) is 0.224. The van der Waals surface area contributed by atoms with E-state index in [4.69, 9.17) is 24.2 Å². The molecule has 4 atom stereocenters. The Morgan fingerprint density at radius 2 is 1.32 bits per heavy atom. The molecule has 0 aromatic heterocycles. The van der Waals surface area contributed by atoms with Gasteiger partial charge in [0.1, 0.15) is 24.7 Å². The lowest BCUT2D eigenvalue weighted by Gasteiger charge is -2.25. The molecule has 4 amide bonds. The van der Waals surface area contributed by atoms with Crippen molar-refractivity contribution < 1.29 is 43.0 Å². The molecule has 0 bridgehead atoms. The zero-order chi connectivity index (χ0) is 56.8. The molecule has 4 aliphatic heterocycles. The summed E-state index contributed by atoms with van der Waals surface area (Å²) in [7, 11) is 4.93. The van der Waals surface area contributed by atoms with Crippen LogP contribution in [0.5, 0.6) is 17.2 Å². The van der Waals surface area contributed by atoms with Crippen molar-refractivity contribution in [2.75, 3.05) is 28.0 Å². The average molecular weight is 1120 g/mol. The lowest BCUT2D eigenvalue weighted by Crippen LogP contribution is -2.45. The summed E-state index contributed by atoms with van der Waals surface area (Å²) in [6.45, 7) is 13.5. The second-order valence-electron chi connectivity index (χ2n) is 22.0. The molecule has 17 heteroatoms. The number of benzene rings is 5. The average Bonchev–Trinajstić information content (AvgIpc) is 4.00. The molecule has 2 N–H and O–H groups in total. The minimum Gasteiger partial charge on any atom is -0.493 e. The minimum atomic E-state index is -0.778. The molecule has 9 rings (SSSR count). The Kier molecular flexibility index (Phi) is 18.0. The maximum atomic E-state index is 14.1. The summed E-state index contributed by atoms with van der Waals surface area (Å²) >= 11 is 0. The second-order valence-corrected chi connectivity index (χ2v) is 25.1. The van der Waals surface area contributed by atoms with Crippen molar-refractivity contribution in [3.05, 3.63) is 130 Å². The molecular weight excluding hydrogens is 1050 g/mol. The fourth-order valence-electron chi connectivity index (χ4n) is 10.5. The Morgan fingerprint density at radius 3 is 1.91 bits per heavy atom. The van der Waals surface area contributed by atoms with E-state index in [-0.39, 0.29) is 78.1 Å². The molecule has 0 saturated heterocycles. The van der Waals surface area contributed by atoms with Gasteiger partial charge in [-0.3, -0.25) is 48.6 Å². The Bertz CT molecular complexity index is 3280. The topological polar surface area (TPSA) is 185 Å². The fraction of sp³-hybridized carbons (Fsp3) is 0.397. The number of nitrogens with one attached hydrogen (secondary N) is 2. The molecule has 5 aromatic carbocycles. The molecule has 4 heterocycles. The number of amides is 4. The van der Waals surface area contributed by atoms with Crippen molar-refractivity contribution >= 4 is 97.6 Å². The third-order valence-electron chi connectivity index (χ3n) is 15.0. The number of carbonyl (C=O) groups is 6. The van der Waals surface area contributed by atoms with Gasteiger partial charge in [-0.1, -0.05) is 85.7 Å².